The first kappa shape index (κ1) is 23.8. The lowest BCUT2D eigenvalue weighted by Gasteiger charge is -2.14. The third-order valence-corrected chi connectivity index (χ3v) is 6.60. The highest BCUT2D eigenvalue weighted by atomic mass is 35.5. The number of nitrogens with one attached hydrogen (secondary N) is 1. The fourth-order valence-corrected chi connectivity index (χ4v) is 4.63. The number of hydrogen-bond donors (Lipinski definition) is 1. The minimum Gasteiger partial charge on any atom is -0.325 e. The Labute approximate surface area is 212 Å². The topological polar surface area (TPSA) is 65.8 Å². The van der Waals surface area contributed by atoms with E-state index in [0.29, 0.717) is 37.6 Å². The fraction of sp³-hybridized carbons (Fsp3) is 0.0741. The predicted octanol–water partition coefficient (Wildman–Crippen LogP) is 7.63. The van der Waals surface area contributed by atoms with Crippen molar-refractivity contribution in [1.29, 1.82) is 5.26 Å². The van der Waals surface area contributed by atoms with E-state index in [-0.39, 0.29) is 11.7 Å². The van der Waals surface area contributed by atoms with Gasteiger partial charge < -0.3 is 5.32 Å². The number of nitrogens with zero attached hydrogens (tertiary/aromatic N) is 2. The molecule has 1 N–H and O–H groups in total. The van der Waals surface area contributed by atoms with Crippen molar-refractivity contribution in [1.82, 2.24) is 4.98 Å². The minimum atomic E-state index is -0.224. The summed E-state index contributed by atoms with van der Waals surface area (Å²) in [5.74, 6) is -0.147. The van der Waals surface area contributed by atoms with Gasteiger partial charge in [-0.15, -0.1) is 0 Å². The zero-order chi connectivity index (χ0) is 24.1. The predicted molar refractivity (Wildman–Crippen MR) is 140 cm³/mol. The van der Waals surface area contributed by atoms with Crippen LogP contribution in [0.3, 0.4) is 0 Å². The molecule has 3 aromatic carbocycles. The maximum absolute atomic E-state index is 12.6. The molecule has 34 heavy (non-hydrogen) atoms. The molecule has 0 saturated heterocycles. The Morgan fingerprint density at radius 3 is 2.47 bits per heavy atom. The molecule has 168 valence electrons. The number of aryl methyl sites for hydroxylation is 1. The van der Waals surface area contributed by atoms with Gasteiger partial charge in [0.25, 0.3) is 0 Å². The molecule has 0 fully saturated rings. The molecular weight excluding hydrogens is 485 g/mol. The molecule has 4 nitrogen and oxygen atoms in total. The van der Waals surface area contributed by atoms with Crippen LogP contribution in [0.15, 0.2) is 83.9 Å². The second-order valence-corrected chi connectivity index (χ2v) is 9.35. The fourth-order valence-electron chi connectivity index (χ4n) is 3.40. The molecule has 1 amide bonds. The van der Waals surface area contributed by atoms with E-state index >= 15 is 0 Å². The van der Waals surface area contributed by atoms with Gasteiger partial charge in [-0.1, -0.05) is 89.1 Å². The largest absolute Gasteiger partial charge is 0.325 e. The quantitative estimate of drug-likeness (QED) is 0.274. The zero-order valence-corrected chi connectivity index (χ0v) is 20.5. The monoisotopic (exact) mass is 503 g/mol. The lowest BCUT2D eigenvalue weighted by molar-refractivity contribution is -0.113. The molecule has 4 rings (SSSR count). The normalized spacial score (nSPS) is 10.5. The summed E-state index contributed by atoms with van der Waals surface area (Å²) < 4.78 is 0. The van der Waals surface area contributed by atoms with E-state index in [0.717, 1.165) is 16.7 Å². The van der Waals surface area contributed by atoms with Gasteiger partial charge in [0.15, 0.2) is 0 Å². The summed E-state index contributed by atoms with van der Waals surface area (Å²) in [6.07, 6.45) is 0. The molecule has 0 radical (unpaired) electrons. The number of carbonyl (C=O) groups excluding carboxylic acids is 1. The Morgan fingerprint density at radius 1 is 1.00 bits per heavy atom. The van der Waals surface area contributed by atoms with Crippen LogP contribution in [-0.2, 0) is 4.79 Å². The molecule has 0 aliphatic heterocycles. The third-order valence-electron chi connectivity index (χ3n) is 5.06. The number of anilines is 1. The highest BCUT2D eigenvalue weighted by Crippen LogP contribution is 2.37. The first-order chi connectivity index (χ1) is 16.4. The molecule has 7 heteroatoms. The standard InChI is InChI=1S/C27H19Cl2N3OS/c1-17-9-11-18(12-10-17)25-14-22(21-7-2-3-8-24(21)29)23(15-30)27(32-25)34-16-26(33)31-20-6-4-5-19(28)13-20/h2-14H,16H2,1H3,(H,31,33). The summed E-state index contributed by atoms with van der Waals surface area (Å²) in [6, 6.07) is 26.5. The number of thioether (sulfide) groups is 1. The van der Waals surface area contributed by atoms with Crippen LogP contribution in [0.2, 0.25) is 10.0 Å². The van der Waals surface area contributed by atoms with Crippen LogP contribution in [0.25, 0.3) is 22.4 Å². The number of rotatable bonds is 6. The molecule has 1 aromatic heterocycles. The summed E-state index contributed by atoms with van der Waals surface area (Å²) in [6.45, 7) is 2.02. The number of halogens is 2. The molecule has 0 atom stereocenters. The van der Waals surface area contributed by atoms with E-state index in [2.05, 4.69) is 11.4 Å². The van der Waals surface area contributed by atoms with Crippen LogP contribution in [-0.4, -0.2) is 16.6 Å². The Bertz CT molecular complexity index is 1400. The van der Waals surface area contributed by atoms with Crippen LogP contribution in [0.1, 0.15) is 11.1 Å². The van der Waals surface area contributed by atoms with Crippen LogP contribution >= 0.6 is 35.0 Å². The van der Waals surface area contributed by atoms with Gasteiger partial charge in [0.1, 0.15) is 11.1 Å². The summed E-state index contributed by atoms with van der Waals surface area (Å²) >= 11 is 13.7. The zero-order valence-electron chi connectivity index (χ0n) is 18.2. The van der Waals surface area contributed by atoms with E-state index in [1.165, 1.54) is 11.8 Å². The molecule has 0 bridgehead atoms. The van der Waals surface area contributed by atoms with Gasteiger partial charge in [0.2, 0.25) is 5.91 Å². The van der Waals surface area contributed by atoms with Crippen molar-refractivity contribution in [3.8, 4) is 28.5 Å². The third kappa shape index (κ3) is 5.60. The Morgan fingerprint density at radius 2 is 1.76 bits per heavy atom. The van der Waals surface area contributed by atoms with Crippen LogP contribution in [0.5, 0.6) is 0 Å². The average Bonchev–Trinajstić information content (AvgIpc) is 2.83. The van der Waals surface area contributed by atoms with Crippen molar-refractivity contribution in [2.24, 2.45) is 0 Å². The molecule has 4 aromatic rings. The van der Waals surface area contributed by atoms with Crippen LogP contribution in [0.4, 0.5) is 5.69 Å². The number of pyridine rings is 1. The van der Waals surface area contributed by atoms with E-state index in [9.17, 15) is 10.1 Å². The van der Waals surface area contributed by atoms with Crippen LogP contribution < -0.4 is 5.32 Å². The first-order valence-electron chi connectivity index (χ1n) is 10.4. The number of carbonyl (C=O) groups is 1. The molecule has 0 aliphatic rings. The smallest absolute Gasteiger partial charge is 0.234 e. The van der Waals surface area contributed by atoms with Gasteiger partial charge in [-0.05, 0) is 37.3 Å². The summed E-state index contributed by atoms with van der Waals surface area (Å²) in [4.78, 5) is 17.3. The van der Waals surface area contributed by atoms with Crippen molar-refractivity contribution in [3.63, 3.8) is 0 Å². The van der Waals surface area contributed by atoms with Gasteiger partial charge in [-0.25, -0.2) is 4.98 Å². The minimum absolute atomic E-state index is 0.0769. The lowest BCUT2D eigenvalue weighted by Crippen LogP contribution is -2.14. The number of nitriles is 1. The number of amides is 1. The van der Waals surface area contributed by atoms with Crippen LogP contribution in [0, 0.1) is 18.3 Å². The first-order valence-corrected chi connectivity index (χ1v) is 12.1. The van der Waals surface area contributed by atoms with Crippen molar-refractivity contribution in [2.75, 3.05) is 11.1 Å². The van der Waals surface area contributed by atoms with Gasteiger partial charge >= 0.3 is 0 Å². The lowest BCUT2D eigenvalue weighted by atomic mass is 9.99. The maximum atomic E-state index is 12.6. The van der Waals surface area contributed by atoms with Gasteiger partial charge in [-0.3, -0.25) is 4.79 Å². The van der Waals surface area contributed by atoms with Crippen molar-refractivity contribution >= 4 is 46.6 Å². The highest BCUT2D eigenvalue weighted by molar-refractivity contribution is 8.00. The number of aromatic nitrogens is 1. The molecule has 0 saturated carbocycles. The second-order valence-electron chi connectivity index (χ2n) is 7.54. The SMILES string of the molecule is Cc1ccc(-c2cc(-c3ccccc3Cl)c(C#N)c(SCC(=O)Nc3cccc(Cl)c3)n2)cc1. The molecule has 1 heterocycles. The molecular formula is C27H19Cl2N3OS. The Balaban J connectivity index is 1.71. The van der Waals surface area contributed by atoms with E-state index < -0.39 is 0 Å². The Hall–Kier alpha value is -3.30. The van der Waals surface area contributed by atoms with E-state index in [1.807, 2.05) is 55.5 Å². The molecule has 0 aliphatic carbocycles. The van der Waals surface area contributed by atoms with E-state index in [1.54, 1.807) is 30.3 Å². The van der Waals surface area contributed by atoms with Gasteiger partial charge in [-0.2, -0.15) is 5.26 Å². The summed E-state index contributed by atoms with van der Waals surface area (Å²) in [7, 11) is 0. The van der Waals surface area contributed by atoms with Gasteiger partial charge in [0.05, 0.1) is 17.0 Å². The van der Waals surface area contributed by atoms with Crippen molar-refractivity contribution in [2.45, 2.75) is 11.9 Å². The number of hydrogen-bond acceptors (Lipinski definition) is 4. The molecule has 0 spiro atoms. The van der Waals surface area contributed by atoms with Crippen molar-refractivity contribution < 1.29 is 4.79 Å². The Kier molecular flexibility index (Phi) is 7.54. The molecule has 0 unspecified atom stereocenters. The number of benzene rings is 3. The van der Waals surface area contributed by atoms with Gasteiger partial charge in [0, 0.05) is 32.4 Å². The second kappa shape index (κ2) is 10.8. The van der Waals surface area contributed by atoms with Crippen molar-refractivity contribution in [3.05, 3.63) is 100 Å². The summed E-state index contributed by atoms with van der Waals surface area (Å²) in [5, 5.41) is 14.4. The highest BCUT2D eigenvalue weighted by Gasteiger charge is 2.18. The average molecular weight is 504 g/mol. The summed E-state index contributed by atoms with van der Waals surface area (Å²) in [5.41, 5.74) is 5.15. The maximum Gasteiger partial charge on any atom is 0.234 e. The van der Waals surface area contributed by atoms with E-state index in [4.69, 9.17) is 28.2 Å².